The van der Waals surface area contributed by atoms with Crippen LogP contribution in [0.2, 0.25) is 0 Å². The second kappa shape index (κ2) is 10.1. The van der Waals surface area contributed by atoms with Crippen molar-refractivity contribution >= 4 is 17.5 Å². The molecule has 1 rings (SSSR count). The van der Waals surface area contributed by atoms with Gasteiger partial charge in [-0.2, -0.15) is 0 Å². The second-order valence-corrected chi connectivity index (χ2v) is 6.52. The van der Waals surface area contributed by atoms with Gasteiger partial charge in [-0.3, -0.25) is 9.59 Å². The molecule has 0 saturated carbocycles. The van der Waals surface area contributed by atoms with Crippen molar-refractivity contribution in [3.05, 3.63) is 28.8 Å². The van der Waals surface area contributed by atoms with E-state index >= 15 is 0 Å². The van der Waals surface area contributed by atoms with Crippen LogP contribution in [0.25, 0.3) is 0 Å². The molecule has 5 heteroatoms. The zero-order valence-corrected chi connectivity index (χ0v) is 15.4. The molecule has 0 radical (unpaired) electrons. The van der Waals surface area contributed by atoms with E-state index in [1.165, 1.54) is 10.5 Å². The Kier molecular flexibility index (Phi) is 8.47. The van der Waals surface area contributed by atoms with Gasteiger partial charge in [-0.25, -0.2) is 0 Å². The maximum Gasteiger partial charge on any atom is 0.243 e. The summed E-state index contributed by atoms with van der Waals surface area (Å²) < 4.78 is 0. The van der Waals surface area contributed by atoms with Crippen LogP contribution in [0.3, 0.4) is 0 Å². The van der Waals surface area contributed by atoms with E-state index < -0.39 is 0 Å². The summed E-state index contributed by atoms with van der Waals surface area (Å²) in [6.07, 6.45) is 4.39. The van der Waals surface area contributed by atoms with Gasteiger partial charge in [0.15, 0.2) is 0 Å². The second-order valence-electron chi connectivity index (χ2n) is 6.52. The lowest BCUT2D eigenvalue weighted by atomic mass is 10.1. The molecule has 0 heterocycles. The molecule has 24 heavy (non-hydrogen) atoms. The van der Waals surface area contributed by atoms with Crippen molar-refractivity contribution in [2.75, 3.05) is 25.5 Å². The number of carbonyl (C=O) groups excluding carboxylic acids is 2. The summed E-state index contributed by atoms with van der Waals surface area (Å²) in [6.45, 7) is 6.77. The first-order valence-electron chi connectivity index (χ1n) is 8.67. The number of amides is 2. The van der Waals surface area contributed by atoms with Crippen molar-refractivity contribution in [3.63, 3.8) is 0 Å². The Hall–Kier alpha value is -1.88. The highest BCUT2D eigenvalue weighted by molar-refractivity contribution is 5.95. The molecule has 0 unspecified atom stereocenters. The molecule has 0 aliphatic heterocycles. The molecule has 0 fully saturated rings. The van der Waals surface area contributed by atoms with Crippen molar-refractivity contribution in [2.45, 2.75) is 52.9 Å². The molecule has 0 aliphatic rings. The molecule has 3 N–H and O–H groups in total. The minimum absolute atomic E-state index is 0.00949. The summed E-state index contributed by atoms with van der Waals surface area (Å²) in [5.74, 6) is -0.153. The van der Waals surface area contributed by atoms with Crippen LogP contribution in [-0.2, 0) is 9.59 Å². The molecule has 1 aromatic rings. The Balaban J connectivity index is 2.45. The fourth-order valence-electron chi connectivity index (χ4n) is 2.82. The molecule has 0 atom stereocenters. The Morgan fingerprint density at radius 1 is 1.04 bits per heavy atom. The first-order chi connectivity index (χ1) is 11.3. The lowest BCUT2D eigenvalue weighted by molar-refractivity contribution is -0.133. The van der Waals surface area contributed by atoms with E-state index in [2.05, 4.69) is 5.32 Å². The topological polar surface area (TPSA) is 75.4 Å². The molecule has 0 bridgehead atoms. The highest BCUT2D eigenvalue weighted by atomic mass is 16.2. The average Bonchev–Trinajstić information content (AvgIpc) is 2.50. The molecule has 134 valence electrons. The van der Waals surface area contributed by atoms with E-state index in [1.54, 1.807) is 7.05 Å². The normalized spacial score (nSPS) is 10.5. The first-order valence-corrected chi connectivity index (χ1v) is 8.67. The third-order valence-corrected chi connectivity index (χ3v) is 4.09. The number of anilines is 1. The van der Waals surface area contributed by atoms with Gasteiger partial charge in [0.25, 0.3) is 0 Å². The van der Waals surface area contributed by atoms with E-state index in [-0.39, 0.29) is 18.4 Å². The number of benzene rings is 1. The van der Waals surface area contributed by atoms with Crippen molar-refractivity contribution in [1.29, 1.82) is 0 Å². The zero-order chi connectivity index (χ0) is 18.1. The Morgan fingerprint density at radius 3 is 2.21 bits per heavy atom. The van der Waals surface area contributed by atoms with E-state index in [9.17, 15) is 9.59 Å². The molecule has 0 aliphatic carbocycles. The fourth-order valence-corrected chi connectivity index (χ4v) is 2.82. The number of rotatable bonds is 9. The summed E-state index contributed by atoms with van der Waals surface area (Å²) in [7, 11) is 1.68. The summed E-state index contributed by atoms with van der Waals surface area (Å²) in [5, 5.41) is 2.93. The molecule has 5 nitrogen and oxygen atoms in total. The lowest BCUT2D eigenvalue weighted by Crippen LogP contribution is -2.35. The lowest BCUT2D eigenvalue weighted by Gasteiger charge is -2.18. The van der Waals surface area contributed by atoms with Crippen LogP contribution >= 0.6 is 0 Å². The van der Waals surface area contributed by atoms with Crippen molar-refractivity contribution < 1.29 is 9.59 Å². The maximum atomic E-state index is 12.2. The monoisotopic (exact) mass is 333 g/mol. The number of hydrogen-bond acceptors (Lipinski definition) is 3. The molecule has 2 amide bonds. The van der Waals surface area contributed by atoms with E-state index in [1.807, 2.05) is 32.9 Å². The number of likely N-dealkylation sites (N-methyl/N-ethyl adjacent to an activating group) is 1. The fraction of sp³-hybridized carbons (Fsp3) is 0.579. The quantitative estimate of drug-likeness (QED) is 0.682. The largest absolute Gasteiger partial charge is 0.336 e. The molecule has 0 saturated heterocycles. The summed E-state index contributed by atoms with van der Waals surface area (Å²) >= 11 is 0. The Labute approximate surface area is 145 Å². The highest BCUT2D eigenvalue weighted by Gasteiger charge is 2.14. The molecular formula is C19H31N3O2. The molecule has 0 spiro atoms. The molecule has 1 aromatic carbocycles. The van der Waals surface area contributed by atoms with Crippen molar-refractivity contribution in [1.82, 2.24) is 4.90 Å². The van der Waals surface area contributed by atoms with Gasteiger partial charge in [-0.15, -0.1) is 0 Å². The number of unbranched alkanes of at least 4 members (excludes halogenated alkanes) is 3. The molecular weight excluding hydrogens is 302 g/mol. The number of nitrogens with zero attached hydrogens (tertiary/aromatic N) is 1. The van der Waals surface area contributed by atoms with Crippen LogP contribution in [0.5, 0.6) is 0 Å². The van der Waals surface area contributed by atoms with Crippen molar-refractivity contribution in [2.24, 2.45) is 5.73 Å². The third-order valence-electron chi connectivity index (χ3n) is 4.09. The predicted molar refractivity (Wildman–Crippen MR) is 99.1 cm³/mol. The van der Waals surface area contributed by atoms with Crippen LogP contribution in [0, 0.1) is 20.8 Å². The minimum atomic E-state index is -0.163. The standard InChI is InChI=1S/C19H31N3O2/c1-14-11-15(2)19(16(3)12-14)21-17(23)13-22(4)18(24)9-7-5-6-8-10-20/h11-12H,5-10,13,20H2,1-4H3,(H,21,23). The predicted octanol–water partition coefficient (Wildman–Crippen LogP) is 2.92. The van der Waals surface area contributed by atoms with E-state index in [0.29, 0.717) is 13.0 Å². The van der Waals surface area contributed by atoms with Gasteiger partial charge in [0.05, 0.1) is 6.54 Å². The molecule has 0 aromatic heterocycles. The van der Waals surface area contributed by atoms with Crippen LogP contribution in [0.4, 0.5) is 5.69 Å². The Bertz CT molecular complexity index is 547. The van der Waals surface area contributed by atoms with Gasteiger partial charge in [0.2, 0.25) is 11.8 Å². The van der Waals surface area contributed by atoms with Gasteiger partial charge < -0.3 is 16.0 Å². The SMILES string of the molecule is Cc1cc(C)c(NC(=O)CN(C)C(=O)CCCCCCN)c(C)c1. The highest BCUT2D eigenvalue weighted by Crippen LogP contribution is 2.21. The van der Waals surface area contributed by atoms with Crippen LogP contribution < -0.4 is 11.1 Å². The van der Waals surface area contributed by atoms with Crippen LogP contribution in [-0.4, -0.2) is 36.9 Å². The van der Waals surface area contributed by atoms with Crippen LogP contribution in [0.15, 0.2) is 12.1 Å². The summed E-state index contributed by atoms with van der Waals surface area (Å²) in [4.78, 5) is 25.8. The summed E-state index contributed by atoms with van der Waals surface area (Å²) in [6, 6.07) is 4.08. The van der Waals surface area contributed by atoms with Crippen molar-refractivity contribution in [3.8, 4) is 0 Å². The average molecular weight is 333 g/mol. The van der Waals surface area contributed by atoms with Gasteiger partial charge in [0, 0.05) is 19.2 Å². The van der Waals surface area contributed by atoms with Gasteiger partial charge in [0.1, 0.15) is 0 Å². The first kappa shape index (κ1) is 20.2. The number of aryl methyl sites for hydroxylation is 3. The third kappa shape index (κ3) is 6.71. The number of nitrogens with two attached hydrogens (primary N) is 1. The zero-order valence-electron chi connectivity index (χ0n) is 15.4. The Morgan fingerprint density at radius 2 is 1.62 bits per heavy atom. The summed E-state index contributed by atoms with van der Waals surface area (Å²) in [5.41, 5.74) is 9.53. The van der Waals surface area contributed by atoms with Gasteiger partial charge >= 0.3 is 0 Å². The van der Waals surface area contributed by atoms with Crippen LogP contribution in [0.1, 0.15) is 48.8 Å². The van der Waals surface area contributed by atoms with Gasteiger partial charge in [-0.05, 0) is 51.3 Å². The smallest absolute Gasteiger partial charge is 0.243 e. The number of carbonyl (C=O) groups is 2. The van der Waals surface area contributed by atoms with E-state index in [0.717, 1.165) is 42.5 Å². The van der Waals surface area contributed by atoms with Gasteiger partial charge in [-0.1, -0.05) is 30.5 Å². The minimum Gasteiger partial charge on any atom is -0.336 e. The van der Waals surface area contributed by atoms with E-state index in [4.69, 9.17) is 5.73 Å². The number of hydrogen-bond donors (Lipinski definition) is 2. The number of nitrogens with one attached hydrogen (secondary N) is 1. The maximum absolute atomic E-state index is 12.2.